The zero-order chi connectivity index (χ0) is 14.4. The number of rotatable bonds is 7. The number of nitrogens with one attached hydrogen (secondary N) is 1. The molecule has 0 saturated heterocycles. The van der Waals surface area contributed by atoms with E-state index < -0.39 is 0 Å². The Kier molecular flexibility index (Phi) is 5.18. The third-order valence-corrected chi connectivity index (χ3v) is 2.80. The highest BCUT2D eigenvalue weighted by Crippen LogP contribution is 2.23. The highest BCUT2D eigenvalue weighted by atomic mass is 16.5. The van der Waals surface area contributed by atoms with E-state index in [1.165, 1.54) is 0 Å². The normalized spacial score (nSPS) is 11.0. The van der Waals surface area contributed by atoms with Crippen LogP contribution in [0.5, 0.6) is 5.75 Å². The standard InChI is InChI=1S/C16H22N2O2/c1-4-9-17-11-14-10-16(20-18-14)13-5-7-15(8-6-13)19-12(2)3/h5-8,10,12,17H,4,9,11H2,1-3H3. The van der Waals surface area contributed by atoms with Crippen LogP contribution in [0, 0.1) is 0 Å². The van der Waals surface area contributed by atoms with Crippen molar-refractivity contribution >= 4 is 0 Å². The van der Waals surface area contributed by atoms with Crippen LogP contribution in [0.1, 0.15) is 32.9 Å². The van der Waals surface area contributed by atoms with Gasteiger partial charge in [-0.15, -0.1) is 0 Å². The van der Waals surface area contributed by atoms with E-state index in [2.05, 4.69) is 17.4 Å². The summed E-state index contributed by atoms with van der Waals surface area (Å²) in [7, 11) is 0. The molecule has 1 aromatic carbocycles. The Morgan fingerprint density at radius 2 is 2.00 bits per heavy atom. The highest BCUT2D eigenvalue weighted by Gasteiger charge is 2.07. The van der Waals surface area contributed by atoms with Crippen molar-refractivity contribution in [2.75, 3.05) is 6.54 Å². The molecule has 1 N–H and O–H groups in total. The summed E-state index contributed by atoms with van der Waals surface area (Å²) in [4.78, 5) is 0. The van der Waals surface area contributed by atoms with Crippen LogP contribution in [0.4, 0.5) is 0 Å². The lowest BCUT2D eigenvalue weighted by atomic mass is 10.1. The Labute approximate surface area is 120 Å². The van der Waals surface area contributed by atoms with Gasteiger partial charge in [0.25, 0.3) is 0 Å². The van der Waals surface area contributed by atoms with Crippen molar-refractivity contribution in [3.8, 4) is 17.1 Å². The summed E-state index contributed by atoms with van der Waals surface area (Å²) in [5, 5.41) is 7.37. The van der Waals surface area contributed by atoms with Gasteiger partial charge in [0.2, 0.25) is 0 Å². The van der Waals surface area contributed by atoms with Crippen molar-refractivity contribution in [1.82, 2.24) is 10.5 Å². The van der Waals surface area contributed by atoms with Crippen LogP contribution in [0.25, 0.3) is 11.3 Å². The predicted molar refractivity (Wildman–Crippen MR) is 79.7 cm³/mol. The first-order chi connectivity index (χ1) is 9.69. The molecular formula is C16H22N2O2. The second-order valence-corrected chi connectivity index (χ2v) is 5.05. The first-order valence-electron chi connectivity index (χ1n) is 7.12. The first kappa shape index (κ1) is 14.6. The number of aromatic nitrogens is 1. The maximum Gasteiger partial charge on any atom is 0.167 e. The zero-order valence-corrected chi connectivity index (χ0v) is 12.3. The quantitative estimate of drug-likeness (QED) is 0.783. The van der Waals surface area contributed by atoms with Gasteiger partial charge >= 0.3 is 0 Å². The molecule has 1 heterocycles. The van der Waals surface area contributed by atoms with E-state index >= 15 is 0 Å². The smallest absolute Gasteiger partial charge is 0.167 e. The molecule has 0 spiro atoms. The molecule has 0 fully saturated rings. The van der Waals surface area contributed by atoms with Crippen LogP contribution >= 0.6 is 0 Å². The SMILES string of the molecule is CCCNCc1cc(-c2ccc(OC(C)C)cc2)on1. The molecule has 0 aliphatic carbocycles. The van der Waals surface area contributed by atoms with Gasteiger partial charge in [-0.1, -0.05) is 12.1 Å². The van der Waals surface area contributed by atoms with E-state index in [9.17, 15) is 0 Å². The largest absolute Gasteiger partial charge is 0.491 e. The molecule has 4 nitrogen and oxygen atoms in total. The van der Waals surface area contributed by atoms with Crippen LogP contribution < -0.4 is 10.1 Å². The van der Waals surface area contributed by atoms with Crippen molar-refractivity contribution in [2.24, 2.45) is 0 Å². The third kappa shape index (κ3) is 4.10. The maximum absolute atomic E-state index is 5.62. The Bertz CT molecular complexity index is 518. The number of ether oxygens (including phenoxy) is 1. The van der Waals surface area contributed by atoms with Gasteiger partial charge < -0.3 is 14.6 Å². The van der Waals surface area contributed by atoms with E-state index in [4.69, 9.17) is 9.26 Å². The fraction of sp³-hybridized carbons (Fsp3) is 0.438. The molecule has 108 valence electrons. The topological polar surface area (TPSA) is 47.3 Å². The van der Waals surface area contributed by atoms with E-state index in [-0.39, 0.29) is 6.10 Å². The van der Waals surface area contributed by atoms with Crippen LogP contribution in [-0.2, 0) is 6.54 Å². The summed E-state index contributed by atoms with van der Waals surface area (Å²) >= 11 is 0. The minimum absolute atomic E-state index is 0.183. The van der Waals surface area contributed by atoms with Gasteiger partial charge in [-0.25, -0.2) is 0 Å². The fourth-order valence-corrected chi connectivity index (χ4v) is 1.89. The van der Waals surface area contributed by atoms with Gasteiger partial charge in [-0.05, 0) is 51.1 Å². The van der Waals surface area contributed by atoms with E-state index in [1.54, 1.807) is 0 Å². The molecule has 0 atom stereocenters. The summed E-state index contributed by atoms with van der Waals surface area (Å²) < 4.78 is 11.0. The lowest BCUT2D eigenvalue weighted by molar-refractivity contribution is 0.242. The summed E-state index contributed by atoms with van der Waals surface area (Å²) in [5.41, 5.74) is 1.94. The average Bonchev–Trinajstić information content (AvgIpc) is 2.88. The second kappa shape index (κ2) is 7.10. The summed E-state index contributed by atoms with van der Waals surface area (Å²) in [6, 6.07) is 9.85. The van der Waals surface area contributed by atoms with Crippen molar-refractivity contribution in [2.45, 2.75) is 39.8 Å². The van der Waals surface area contributed by atoms with Crippen molar-refractivity contribution in [3.63, 3.8) is 0 Å². The van der Waals surface area contributed by atoms with Crippen molar-refractivity contribution in [1.29, 1.82) is 0 Å². The summed E-state index contributed by atoms with van der Waals surface area (Å²) in [6.07, 6.45) is 1.30. The third-order valence-electron chi connectivity index (χ3n) is 2.80. The highest BCUT2D eigenvalue weighted by molar-refractivity contribution is 5.58. The second-order valence-electron chi connectivity index (χ2n) is 5.05. The molecule has 0 radical (unpaired) electrons. The first-order valence-corrected chi connectivity index (χ1v) is 7.12. The minimum Gasteiger partial charge on any atom is -0.491 e. The van der Waals surface area contributed by atoms with Crippen LogP contribution in [0.3, 0.4) is 0 Å². The van der Waals surface area contributed by atoms with Crippen molar-refractivity contribution < 1.29 is 9.26 Å². The van der Waals surface area contributed by atoms with Crippen LogP contribution in [-0.4, -0.2) is 17.8 Å². The van der Waals surface area contributed by atoms with Crippen LogP contribution in [0.15, 0.2) is 34.9 Å². The Balaban J connectivity index is 2.00. The van der Waals surface area contributed by atoms with Gasteiger partial charge in [0.15, 0.2) is 5.76 Å². The van der Waals surface area contributed by atoms with Gasteiger partial charge in [-0.3, -0.25) is 0 Å². The lowest BCUT2D eigenvalue weighted by Crippen LogP contribution is -2.13. The molecule has 0 bridgehead atoms. The predicted octanol–water partition coefficient (Wildman–Crippen LogP) is 3.63. The van der Waals surface area contributed by atoms with Gasteiger partial charge in [0.05, 0.1) is 11.8 Å². The van der Waals surface area contributed by atoms with Gasteiger partial charge in [-0.2, -0.15) is 0 Å². The van der Waals surface area contributed by atoms with E-state index in [0.29, 0.717) is 0 Å². The Hall–Kier alpha value is -1.81. The molecule has 4 heteroatoms. The molecule has 0 saturated carbocycles. The fourth-order valence-electron chi connectivity index (χ4n) is 1.89. The van der Waals surface area contributed by atoms with E-state index in [0.717, 1.165) is 42.3 Å². The number of nitrogens with zero attached hydrogens (tertiary/aromatic N) is 1. The van der Waals surface area contributed by atoms with Gasteiger partial charge in [0, 0.05) is 18.2 Å². The molecule has 0 unspecified atom stereocenters. The molecular weight excluding hydrogens is 252 g/mol. The number of benzene rings is 1. The monoisotopic (exact) mass is 274 g/mol. The zero-order valence-electron chi connectivity index (χ0n) is 12.3. The van der Waals surface area contributed by atoms with Crippen LogP contribution in [0.2, 0.25) is 0 Å². The lowest BCUT2D eigenvalue weighted by Gasteiger charge is -2.09. The van der Waals surface area contributed by atoms with Crippen molar-refractivity contribution in [3.05, 3.63) is 36.0 Å². The summed E-state index contributed by atoms with van der Waals surface area (Å²) in [6.45, 7) is 7.90. The number of hydrogen-bond acceptors (Lipinski definition) is 4. The average molecular weight is 274 g/mol. The Morgan fingerprint density at radius 3 is 2.65 bits per heavy atom. The summed E-state index contributed by atoms with van der Waals surface area (Å²) in [5.74, 6) is 1.66. The molecule has 2 rings (SSSR count). The molecule has 1 aromatic heterocycles. The minimum atomic E-state index is 0.183. The van der Waals surface area contributed by atoms with Gasteiger partial charge in [0.1, 0.15) is 5.75 Å². The molecule has 0 aliphatic heterocycles. The number of hydrogen-bond donors (Lipinski definition) is 1. The molecule has 0 amide bonds. The maximum atomic E-state index is 5.62. The molecule has 20 heavy (non-hydrogen) atoms. The molecule has 0 aliphatic rings. The Morgan fingerprint density at radius 1 is 1.25 bits per heavy atom. The van der Waals surface area contributed by atoms with E-state index in [1.807, 2.05) is 44.2 Å². The molecule has 2 aromatic rings.